The summed E-state index contributed by atoms with van der Waals surface area (Å²) in [7, 11) is 0. The van der Waals surface area contributed by atoms with E-state index in [0.29, 0.717) is 17.8 Å². The molecule has 1 aromatic carbocycles. The van der Waals surface area contributed by atoms with Gasteiger partial charge in [-0.3, -0.25) is 0 Å². The number of aliphatic hydroxyl groups is 1. The maximum Gasteiger partial charge on any atom is 0.0574 e. The second-order valence-corrected chi connectivity index (χ2v) is 6.17. The second-order valence-electron chi connectivity index (χ2n) is 6.17. The molecule has 0 spiro atoms. The maximum atomic E-state index is 10.4. The third-order valence-electron chi connectivity index (χ3n) is 4.97. The number of rotatable bonds is 2. The second kappa shape index (κ2) is 5.92. The highest BCUT2D eigenvalue weighted by Crippen LogP contribution is 2.42. The van der Waals surface area contributed by atoms with Crippen LogP contribution in [-0.4, -0.2) is 11.2 Å². The molecule has 2 aliphatic rings. The van der Waals surface area contributed by atoms with Crippen molar-refractivity contribution in [2.24, 2.45) is 11.8 Å². The van der Waals surface area contributed by atoms with Crippen LogP contribution in [0.25, 0.3) is 0 Å². The third kappa shape index (κ3) is 2.92. The van der Waals surface area contributed by atoms with Crippen molar-refractivity contribution in [3.8, 4) is 0 Å². The summed E-state index contributed by atoms with van der Waals surface area (Å²) in [5.74, 6) is 1.72. The van der Waals surface area contributed by atoms with E-state index < -0.39 is 0 Å². The molecule has 4 unspecified atom stereocenters. The van der Waals surface area contributed by atoms with E-state index in [4.69, 9.17) is 0 Å². The fourth-order valence-electron chi connectivity index (χ4n) is 3.87. The molecule has 4 atom stereocenters. The first-order valence-electron chi connectivity index (χ1n) is 7.74. The Morgan fingerprint density at radius 2 is 1.84 bits per heavy atom. The Kier molecular flexibility index (Phi) is 4.03. The smallest absolute Gasteiger partial charge is 0.0574 e. The summed E-state index contributed by atoms with van der Waals surface area (Å²) in [6.07, 6.45) is 11.6. The Bertz CT molecular complexity index is 423. The summed E-state index contributed by atoms with van der Waals surface area (Å²) in [6, 6.07) is 10.8. The van der Waals surface area contributed by atoms with E-state index in [2.05, 4.69) is 42.5 Å². The molecule has 102 valence electrons. The van der Waals surface area contributed by atoms with Crippen molar-refractivity contribution in [3.05, 3.63) is 48.0 Å². The molecule has 1 aromatic rings. The molecule has 0 amide bonds. The van der Waals surface area contributed by atoms with Crippen LogP contribution in [0.3, 0.4) is 0 Å². The minimum atomic E-state index is -0.0901. The summed E-state index contributed by atoms with van der Waals surface area (Å²) in [5, 5.41) is 10.4. The standard InChI is InChI=1S/C18H24O/c19-18-12-11-16(14-7-3-1-4-8-14)13-17(18)15-9-5-2-6-10-15/h1,3-5,7-9,15-19H,2,6,10-13H2. The topological polar surface area (TPSA) is 20.2 Å². The molecule has 1 nitrogen and oxygen atoms in total. The molecule has 0 aromatic heterocycles. The van der Waals surface area contributed by atoms with Crippen LogP contribution in [0, 0.1) is 11.8 Å². The van der Waals surface area contributed by atoms with Crippen LogP contribution in [0.2, 0.25) is 0 Å². The fraction of sp³-hybridized carbons (Fsp3) is 0.556. The van der Waals surface area contributed by atoms with Crippen LogP contribution < -0.4 is 0 Å². The van der Waals surface area contributed by atoms with Crippen molar-refractivity contribution in [2.75, 3.05) is 0 Å². The fourth-order valence-corrected chi connectivity index (χ4v) is 3.87. The zero-order valence-corrected chi connectivity index (χ0v) is 11.5. The molecule has 19 heavy (non-hydrogen) atoms. The summed E-state index contributed by atoms with van der Waals surface area (Å²) in [6.45, 7) is 0. The molecule has 1 N–H and O–H groups in total. The summed E-state index contributed by atoms with van der Waals surface area (Å²) >= 11 is 0. The van der Waals surface area contributed by atoms with Gasteiger partial charge in [0.05, 0.1) is 6.10 Å². The van der Waals surface area contributed by atoms with E-state index in [1.165, 1.54) is 24.8 Å². The lowest BCUT2D eigenvalue weighted by atomic mass is 9.69. The summed E-state index contributed by atoms with van der Waals surface area (Å²) in [4.78, 5) is 0. The largest absolute Gasteiger partial charge is 0.393 e. The number of benzene rings is 1. The van der Waals surface area contributed by atoms with Gasteiger partial charge in [0.25, 0.3) is 0 Å². The van der Waals surface area contributed by atoms with Crippen LogP contribution >= 0.6 is 0 Å². The monoisotopic (exact) mass is 256 g/mol. The molecule has 0 saturated heterocycles. The highest BCUT2D eigenvalue weighted by atomic mass is 16.3. The first-order valence-corrected chi connectivity index (χ1v) is 7.74. The number of aliphatic hydroxyl groups excluding tert-OH is 1. The van der Waals surface area contributed by atoms with E-state index >= 15 is 0 Å². The van der Waals surface area contributed by atoms with Gasteiger partial charge >= 0.3 is 0 Å². The average Bonchev–Trinajstić information content (AvgIpc) is 2.49. The number of hydrogen-bond acceptors (Lipinski definition) is 1. The Labute approximate surface area is 116 Å². The van der Waals surface area contributed by atoms with E-state index in [1.807, 2.05) is 0 Å². The van der Waals surface area contributed by atoms with Gasteiger partial charge in [0.2, 0.25) is 0 Å². The number of allylic oxidation sites excluding steroid dienone is 2. The minimum Gasteiger partial charge on any atom is -0.393 e. The Hall–Kier alpha value is -1.08. The highest BCUT2D eigenvalue weighted by Gasteiger charge is 2.34. The number of hydrogen-bond donors (Lipinski definition) is 1. The van der Waals surface area contributed by atoms with E-state index in [0.717, 1.165) is 19.3 Å². The van der Waals surface area contributed by atoms with Gasteiger partial charge in [0.15, 0.2) is 0 Å². The van der Waals surface area contributed by atoms with E-state index in [-0.39, 0.29) is 6.10 Å². The molecule has 2 aliphatic carbocycles. The first-order chi connectivity index (χ1) is 9.34. The Morgan fingerprint density at radius 1 is 1.00 bits per heavy atom. The van der Waals surface area contributed by atoms with Crippen LogP contribution in [0.15, 0.2) is 42.5 Å². The lowest BCUT2D eigenvalue weighted by molar-refractivity contribution is 0.0369. The third-order valence-corrected chi connectivity index (χ3v) is 4.97. The predicted octanol–water partition coefficient (Wildman–Crippen LogP) is 4.29. The molecule has 1 saturated carbocycles. The lowest BCUT2D eigenvalue weighted by Crippen LogP contribution is -2.33. The summed E-state index contributed by atoms with van der Waals surface area (Å²) in [5.41, 5.74) is 1.46. The van der Waals surface area contributed by atoms with Crippen LogP contribution in [0.4, 0.5) is 0 Å². The molecule has 0 radical (unpaired) electrons. The van der Waals surface area contributed by atoms with Crippen molar-refractivity contribution in [1.82, 2.24) is 0 Å². The van der Waals surface area contributed by atoms with Crippen molar-refractivity contribution in [3.63, 3.8) is 0 Å². The van der Waals surface area contributed by atoms with Crippen molar-refractivity contribution < 1.29 is 5.11 Å². The van der Waals surface area contributed by atoms with Crippen molar-refractivity contribution in [2.45, 2.75) is 50.5 Å². The van der Waals surface area contributed by atoms with Gasteiger partial charge in [-0.2, -0.15) is 0 Å². The first kappa shape index (κ1) is 12.9. The minimum absolute atomic E-state index is 0.0901. The Balaban J connectivity index is 1.73. The summed E-state index contributed by atoms with van der Waals surface area (Å²) < 4.78 is 0. The van der Waals surface area contributed by atoms with Gasteiger partial charge in [-0.1, -0.05) is 42.5 Å². The maximum absolute atomic E-state index is 10.4. The Morgan fingerprint density at radius 3 is 2.58 bits per heavy atom. The lowest BCUT2D eigenvalue weighted by Gasteiger charge is -2.38. The normalized spacial score (nSPS) is 35.2. The molecule has 3 rings (SSSR count). The van der Waals surface area contributed by atoms with E-state index in [9.17, 15) is 5.11 Å². The zero-order chi connectivity index (χ0) is 13.1. The molecular formula is C18H24O. The molecular weight excluding hydrogens is 232 g/mol. The molecule has 1 fully saturated rings. The van der Waals surface area contributed by atoms with Crippen LogP contribution in [0.5, 0.6) is 0 Å². The van der Waals surface area contributed by atoms with Crippen molar-refractivity contribution in [1.29, 1.82) is 0 Å². The molecule has 0 aliphatic heterocycles. The average molecular weight is 256 g/mol. The molecule has 0 bridgehead atoms. The predicted molar refractivity (Wildman–Crippen MR) is 79.0 cm³/mol. The zero-order valence-electron chi connectivity index (χ0n) is 11.5. The van der Waals surface area contributed by atoms with Gasteiger partial charge in [-0.05, 0) is 61.8 Å². The molecule has 1 heteroatoms. The highest BCUT2D eigenvalue weighted by molar-refractivity contribution is 5.20. The van der Waals surface area contributed by atoms with Gasteiger partial charge in [0, 0.05) is 0 Å². The molecule has 0 heterocycles. The van der Waals surface area contributed by atoms with Crippen LogP contribution in [-0.2, 0) is 0 Å². The quantitative estimate of drug-likeness (QED) is 0.783. The van der Waals surface area contributed by atoms with Crippen molar-refractivity contribution >= 4 is 0 Å². The van der Waals surface area contributed by atoms with Gasteiger partial charge in [-0.25, -0.2) is 0 Å². The van der Waals surface area contributed by atoms with Gasteiger partial charge in [0.1, 0.15) is 0 Å². The van der Waals surface area contributed by atoms with Gasteiger partial charge < -0.3 is 5.11 Å². The van der Waals surface area contributed by atoms with Crippen LogP contribution in [0.1, 0.15) is 50.0 Å². The van der Waals surface area contributed by atoms with Gasteiger partial charge in [-0.15, -0.1) is 0 Å². The van der Waals surface area contributed by atoms with E-state index in [1.54, 1.807) is 0 Å². The SMILES string of the molecule is OC1CCC(c2ccccc2)CC1C1C=CCCC1.